The van der Waals surface area contributed by atoms with Crippen LogP contribution in [0.3, 0.4) is 0 Å². The Kier molecular flexibility index (Phi) is 5.86. The second kappa shape index (κ2) is 8.44. The third-order valence-corrected chi connectivity index (χ3v) is 6.15. The minimum atomic E-state index is -4.36. The van der Waals surface area contributed by atoms with Gasteiger partial charge in [0.1, 0.15) is 0 Å². The van der Waals surface area contributed by atoms with E-state index in [1.165, 1.54) is 12.1 Å². The standard InChI is InChI=1S/C24H21ClF3NO2/c25-22-18-10-11-29(13-15-6-8-17(9-7-15)24(26,27)28)14-20(16-4-2-1-3-5-16)19(18)12-21(30)23(22)31/h1-9,12,20,30-31H,10-11,13-14H2. The summed E-state index contributed by atoms with van der Waals surface area (Å²) in [6.07, 6.45) is -3.81. The first-order valence-corrected chi connectivity index (χ1v) is 10.3. The normalized spacial score (nSPS) is 17.2. The Labute approximate surface area is 183 Å². The van der Waals surface area contributed by atoms with E-state index in [4.69, 9.17) is 11.6 Å². The van der Waals surface area contributed by atoms with Gasteiger partial charge in [0.2, 0.25) is 0 Å². The van der Waals surface area contributed by atoms with Crippen LogP contribution in [-0.2, 0) is 19.1 Å². The first-order chi connectivity index (χ1) is 14.7. The SMILES string of the molecule is Oc1cc2c(c(Cl)c1O)CCN(Cc1ccc(C(F)(F)F)cc1)CC2c1ccccc1. The number of halogens is 4. The molecule has 0 aromatic heterocycles. The Morgan fingerprint density at radius 2 is 1.68 bits per heavy atom. The second-order valence-electron chi connectivity index (χ2n) is 7.77. The third-order valence-electron chi connectivity index (χ3n) is 5.74. The number of aromatic hydroxyl groups is 2. The topological polar surface area (TPSA) is 43.7 Å². The number of hydrogen-bond donors (Lipinski definition) is 2. The number of hydrogen-bond acceptors (Lipinski definition) is 3. The second-order valence-corrected chi connectivity index (χ2v) is 8.15. The monoisotopic (exact) mass is 447 g/mol. The van der Waals surface area contributed by atoms with E-state index >= 15 is 0 Å². The van der Waals surface area contributed by atoms with Crippen molar-refractivity contribution in [2.75, 3.05) is 13.1 Å². The number of alkyl halides is 3. The highest BCUT2D eigenvalue weighted by Crippen LogP contribution is 2.43. The van der Waals surface area contributed by atoms with Gasteiger partial charge in [-0.25, -0.2) is 0 Å². The highest BCUT2D eigenvalue weighted by molar-refractivity contribution is 6.33. The predicted molar refractivity (Wildman–Crippen MR) is 113 cm³/mol. The van der Waals surface area contributed by atoms with Crippen molar-refractivity contribution in [3.8, 4) is 11.5 Å². The molecule has 1 unspecified atom stereocenters. The summed E-state index contributed by atoms with van der Waals surface area (Å²) in [5.41, 5.74) is 2.77. The molecule has 3 aromatic rings. The zero-order valence-electron chi connectivity index (χ0n) is 16.5. The van der Waals surface area contributed by atoms with Gasteiger partial charge in [0.25, 0.3) is 0 Å². The van der Waals surface area contributed by atoms with Gasteiger partial charge in [-0.15, -0.1) is 0 Å². The van der Waals surface area contributed by atoms with Crippen LogP contribution in [0.15, 0.2) is 60.7 Å². The average Bonchev–Trinajstić information content (AvgIpc) is 2.92. The molecular formula is C24H21ClF3NO2. The number of benzene rings is 3. The van der Waals surface area contributed by atoms with Crippen LogP contribution in [-0.4, -0.2) is 28.2 Å². The van der Waals surface area contributed by atoms with Gasteiger partial charge in [0.15, 0.2) is 11.5 Å². The van der Waals surface area contributed by atoms with Crippen molar-refractivity contribution in [2.45, 2.75) is 25.1 Å². The fourth-order valence-electron chi connectivity index (χ4n) is 4.14. The van der Waals surface area contributed by atoms with Gasteiger partial charge in [-0.2, -0.15) is 13.2 Å². The highest BCUT2D eigenvalue weighted by Gasteiger charge is 2.31. The fourth-order valence-corrected chi connectivity index (χ4v) is 4.44. The maximum absolute atomic E-state index is 12.9. The van der Waals surface area contributed by atoms with E-state index < -0.39 is 11.7 Å². The summed E-state index contributed by atoms with van der Waals surface area (Å²) in [4.78, 5) is 2.16. The molecule has 162 valence electrons. The summed E-state index contributed by atoms with van der Waals surface area (Å²) < 4.78 is 38.6. The molecule has 1 atom stereocenters. The van der Waals surface area contributed by atoms with Gasteiger partial charge in [-0.1, -0.05) is 54.1 Å². The quantitative estimate of drug-likeness (QED) is 0.487. The minimum absolute atomic E-state index is 0.114. The molecule has 0 spiro atoms. The van der Waals surface area contributed by atoms with Crippen LogP contribution in [0.1, 0.15) is 33.7 Å². The van der Waals surface area contributed by atoms with Crippen LogP contribution in [0, 0.1) is 0 Å². The van der Waals surface area contributed by atoms with E-state index in [1.807, 2.05) is 30.3 Å². The van der Waals surface area contributed by atoms with Crippen LogP contribution in [0.4, 0.5) is 13.2 Å². The number of fused-ring (bicyclic) bond motifs is 1. The molecule has 1 aliphatic rings. The Balaban J connectivity index is 1.67. The lowest BCUT2D eigenvalue weighted by Gasteiger charge is -2.26. The molecule has 7 heteroatoms. The van der Waals surface area contributed by atoms with Crippen LogP contribution in [0.5, 0.6) is 11.5 Å². The highest BCUT2D eigenvalue weighted by atomic mass is 35.5. The maximum atomic E-state index is 12.9. The van der Waals surface area contributed by atoms with E-state index in [9.17, 15) is 23.4 Å². The van der Waals surface area contributed by atoms with Crippen molar-refractivity contribution in [1.29, 1.82) is 0 Å². The summed E-state index contributed by atoms with van der Waals surface area (Å²) in [6, 6.07) is 16.5. The van der Waals surface area contributed by atoms with Crippen LogP contribution < -0.4 is 0 Å². The lowest BCUT2D eigenvalue weighted by Crippen LogP contribution is -2.28. The molecule has 0 amide bonds. The molecule has 0 fully saturated rings. The fraction of sp³-hybridized carbons (Fsp3) is 0.250. The molecule has 0 bridgehead atoms. The van der Waals surface area contributed by atoms with E-state index in [2.05, 4.69) is 4.90 Å². The van der Waals surface area contributed by atoms with E-state index in [0.717, 1.165) is 34.4 Å². The van der Waals surface area contributed by atoms with E-state index in [-0.39, 0.29) is 22.4 Å². The van der Waals surface area contributed by atoms with Crippen molar-refractivity contribution < 1.29 is 23.4 Å². The molecule has 1 aliphatic heterocycles. The third kappa shape index (κ3) is 4.50. The van der Waals surface area contributed by atoms with Crippen LogP contribution in [0.25, 0.3) is 0 Å². The van der Waals surface area contributed by atoms with Crippen molar-refractivity contribution in [3.05, 3.63) is 93.5 Å². The Morgan fingerprint density at radius 1 is 1.00 bits per heavy atom. The van der Waals surface area contributed by atoms with Gasteiger partial charge in [0, 0.05) is 25.6 Å². The van der Waals surface area contributed by atoms with Crippen LogP contribution >= 0.6 is 11.6 Å². The molecule has 2 N–H and O–H groups in total. The number of nitrogens with zero attached hydrogens (tertiary/aromatic N) is 1. The van der Waals surface area contributed by atoms with Crippen molar-refractivity contribution in [2.24, 2.45) is 0 Å². The lowest BCUT2D eigenvalue weighted by molar-refractivity contribution is -0.137. The molecule has 3 nitrogen and oxygen atoms in total. The summed E-state index contributed by atoms with van der Waals surface area (Å²) in [5.74, 6) is -0.707. The molecule has 1 heterocycles. The Bertz CT molecular complexity index is 1070. The van der Waals surface area contributed by atoms with Crippen molar-refractivity contribution in [1.82, 2.24) is 4.90 Å². The smallest absolute Gasteiger partial charge is 0.416 e. The minimum Gasteiger partial charge on any atom is -0.504 e. The Hall–Kier alpha value is -2.70. The maximum Gasteiger partial charge on any atom is 0.416 e. The zero-order valence-corrected chi connectivity index (χ0v) is 17.3. The number of phenolic OH excluding ortho intramolecular Hbond substituents is 2. The van der Waals surface area contributed by atoms with Gasteiger partial charge in [0.05, 0.1) is 10.6 Å². The number of phenols is 2. The van der Waals surface area contributed by atoms with Gasteiger partial charge in [-0.05, 0) is 46.9 Å². The van der Waals surface area contributed by atoms with E-state index in [1.54, 1.807) is 6.07 Å². The van der Waals surface area contributed by atoms with Crippen LogP contribution in [0.2, 0.25) is 5.02 Å². The molecule has 0 radical (unpaired) electrons. The summed E-state index contributed by atoms with van der Waals surface area (Å²) in [5, 5.41) is 20.4. The molecule has 0 aliphatic carbocycles. The average molecular weight is 448 g/mol. The predicted octanol–water partition coefficient (Wildman–Crippen LogP) is 5.96. The summed E-state index contributed by atoms with van der Waals surface area (Å²) in [6.45, 7) is 1.69. The Morgan fingerprint density at radius 3 is 2.32 bits per heavy atom. The summed E-state index contributed by atoms with van der Waals surface area (Å²) >= 11 is 6.37. The number of rotatable bonds is 3. The molecule has 3 aromatic carbocycles. The van der Waals surface area contributed by atoms with Gasteiger partial charge < -0.3 is 10.2 Å². The molecule has 0 saturated heterocycles. The van der Waals surface area contributed by atoms with Gasteiger partial charge in [-0.3, -0.25) is 4.90 Å². The van der Waals surface area contributed by atoms with Crippen molar-refractivity contribution >= 4 is 11.6 Å². The molecule has 4 rings (SSSR count). The largest absolute Gasteiger partial charge is 0.504 e. The summed E-state index contributed by atoms with van der Waals surface area (Å²) in [7, 11) is 0. The molecule has 31 heavy (non-hydrogen) atoms. The first-order valence-electron chi connectivity index (χ1n) is 9.90. The van der Waals surface area contributed by atoms with Crippen molar-refractivity contribution in [3.63, 3.8) is 0 Å². The van der Waals surface area contributed by atoms with E-state index in [0.29, 0.717) is 26.1 Å². The first kappa shape index (κ1) is 21.5. The van der Waals surface area contributed by atoms with Gasteiger partial charge >= 0.3 is 6.18 Å². The lowest BCUT2D eigenvalue weighted by atomic mass is 9.87. The zero-order chi connectivity index (χ0) is 22.2. The molecular weight excluding hydrogens is 427 g/mol. The molecule has 0 saturated carbocycles.